The predicted octanol–water partition coefficient (Wildman–Crippen LogP) is 4.87. The lowest BCUT2D eigenvalue weighted by atomic mass is 10.0. The number of esters is 1. The van der Waals surface area contributed by atoms with Gasteiger partial charge in [0.05, 0.1) is 17.6 Å². The summed E-state index contributed by atoms with van der Waals surface area (Å²) in [5, 5.41) is 1.11. The summed E-state index contributed by atoms with van der Waals surface area (Å²) in [6.07, 6.45) is 0. The number of thiophene rings is 1. The highest BCUT2D eigenvalue weighted by molar-refractivity contribution is 7.21. The molecule has 0 saturated carbocycles. The van der Waals surface area contributed by atoms with E-state index in [1.54, 1.807) is 19.1 Å². The largest absolute Gasteiger partial charge is 0.465 e. The maximum absolute atomic E-state index is 11.7. The number of carbonyl (C=O) groups is 2. The minimum atomic E-state index is -0.341. The molecule has 0 spiro atoms. The van der Waals surface area contributed by atoms with Gasteiger partial charge in [-0.3, -0.25) is 4.79 Å². The van der Waals surface area contributed by atoms with E-state index < -0.39 is 0 Å². The molecule has 3 rings (SSSR count). The van der Waals surface area contributed by atoms with Gasteiger partial charge in [-0.2, -0.15) is 0 Å². The SMILES string of the molecule is COC(=O)c1ccc(-c2ccc3sc(C(C)=O)c(C)c3c2)cc1. The number of benzene rings is 2. The molecule has 0 fully saturated rings. The lowest BCUT2D eigenvalue weighted by Crippen LogP contribution is -2.00. The summed E-state index contributed by atoms with van der Waals surface area (Å²) in [5.74, 6) is -0.237. The number of Topliss-reactive ketones (excluding diaryl/α,β-unsaturated/α-hetero) is 1. The summed E-state index contributed by atoms with van der Waals surface area (Å²) in [5.41, 5.74) is 3.65. The number of carbonyl (C=O) groups excluding carboxylic acids is 2. The van der Waals surface area contributed by atoms with E-state index in [2.05, 4.69) is 6.07 Å². The number of ketones is 1. The fourth-order valence-corrected chi connectivity index (χ4v) is 3.74. The molecular formula is C19H16O3S. The Morgan fingerprint density at radius 3 is 2.26 bits per heavy atom. The highest BCUT2D eigenvalue weighted by Gasteiger charge is 2.13. The molecule has 3 nitrogen and oxygen atoms in total. The molecule has 4 heteroatoms. The Labute approximate surface area is 138 Å². The van der Waals surface area contributed by atoms with Crippen LogP contribution in [0.3, 0.4) is 0 Å². The number of fused-ring (bicyclic) bond motifs is 1. The van der Waals surface area contributed by atoms with Gasteiger partial charge in [0.15, 0.2) is 5.78 Å². The van der Waals surface area contributed by atoms with Crippen molar-refractivity contribution in [2.45, 2.75) is 13.8 Å². The summed E-state index contributed by atoms with van der Waals surface area (Å²) in [4.78, 5) is 24.0. The zero-order chi connectivity index (χ0) is 16.6. The van der Waals surface area contributed by atoms with Gasteiger partial charge in [-0.25, -0.2) is 4.79 Å². The Hall–Kier alpha value is -2.46. The molecule has 2 aromatic carbocycles. The van der Waals surface area contributed by atoms with Crippen molar-refractivity contribution in [1.82, 2.24) is 0 Å². The standard InChI is InChI=1S/C19H16O3S/c1-11-16-10-15(8-9-17(16)23-18(11)12(2)20)13-4-6-14(7-5-13)19(21)22-3/h4-10H,1-3H3. The van der Waals surface area contributed by atoms with Crippen LogP contribution in [0.15, 0.2) is 42.5 Å². The van der Waals surface area contributed by atoms with Crippen molar-refractivity contribution >= 4 is 33.2 Å². The van der Waals surface area contributed by atoms with E-state index in [9.17, 15) is 9.59 Å². The van der Waals surface area contributed by atoms with E-state index in [-0.39, 0.29) is 11.8 Å². The Morgan fingerprint density at radius 2 is 1.65 bits per heavy atom. The molecule has 116 valence electrons. The summed E-state index contributed by atoms with van der Waals surface area (Å²) in [7, 11) is 1.37. The van der Waals surface area contributed by atoms with Crippen LogP contribution in [0.2, 0.25) is 0 Å². The van der Waals surface area contributed by atoms with Crippen LogP contribution >= 0.6 is 11.3 Å². The Bertz CT molecular complexity index is 904. The Kier molecular flexibility index (Phi) is 4.01. The maximum Gasteiger partial charge on any atom is 0.337 e. The molecule has 0 atom stereocenters. The molecule has 23 heavy (non-hydrogen) atoms. The van der Waals surface area contributed by atoms with Crippen LogP contribution in [0, 0.1) is 6.92 Å². The summed E-state index contributed by atoms with van der Waals surface area (Å²) >= 11 is 1.53. The molecule has 0 saturated heterocycles. The summed E-state index contributed by atoms with van der Waals surface area (Å²) in [6.45, 7) is 3.59. The topological polar surface area (TPSA) is 43.4 Å². The number of ether oxygens (including phenoxy) is 1. The smallest absolute Gasteiger partial charge is 0.337 e. The van der Waals surface area contributed by atoms with Crippen LogP contribution in [-0.4, -0.2) is 18.9 Å². The van der Waals surface area contributed by atoms with Gasteiger partial charge in [0.2, 0.25) is 0 Å². The van der Waals surface area contributed by atoms with E-state index in [4.69, 9.17) is 4.74 Å². The van der Waals surface area contributed by atoms with Gasteiger partial charge in [0.1, 0.15) is 0 Å². The first-order valence-electron chi connectivity index (χ1n) is 7.24. The van der Waals surface area contributed by atoms with Gasteiger partial charge in [0.25, 0.3) is 0 Å². The van der Waals surface area contributed by atoms with Crippen molar-refractivity contribution in [3.63, 3.8) is 0 Å². The second-order valence-electron chi connectivity index (χ2n) is 5.39. The minimum Gasteiger partial charge on any atom is -0.465 e. The zero-order valence-electron chi connectivity index (χ0n) is 13.2. The van der Waals surface area contributed by atoms with E-state index >= 15 is 0 Å². The Balaban J connectivity index is 2.05. The van der Waals surface area contributed by atoms with Crippen molar-refractivity contribution in [3.8, 4) is 11.1 Å². The molecule has 1 heterocycles. The van der Waals surface area contributed by atoms with Gasteiger partial charge in [0, 0.05) is 4.70 Å². The number of aryl methyl sites for hydroxylation is 1. The average molecular weight is 324 g/mol. The molecule has 0 aliphatic carbocycles. The molecule has 0 aliphatic rings. The minimum absolute atomic E-state index is 0.104. The average Bonchev–Trinajstić information content (AvgIpc) is 2.91. The lowest BCUT2D eigenvalue weighted by molar-refractivity contribution is 0.0600. The fourth-order valence-electron chi connectivity index (χ4n) is 2.65. The molecule has 0 N–H and O–H groups in total. The molecule has 0 radical (unpaired) electrons. The van der Waals surface area contributed by atoms with Gasteiger partial charge in [-0.05, 0) is 60.2 Å². The third kappa shape index (κ3) is 2.78. The Morgan fingerprint density at radius 1 is 1.00 bits per heavy atom. The van der Waals surface area contributed by atoms with Crippen LogP contribution in [0.25, 0.3) is 21.2 Å². The van der Waals surface area contributed by atoms with Crippen molar-refractivity contribution in [1.29, 1.82) is 0 Å². The quantitative estimate of drug-likeness (QED) is 0.510. The normalized spacial score (nSPS) is 10.7. The third-order valence-electron chi connectivity index (χ3n) is 3.90. The van der Waals surface area contributed by atoms with E-state index in [1.165, 1.54) is 18.4 Å². The molecular weight excluding hydrogens is 308 g/mol. The second kappa shape index (κ2) is 5.97. The second-order valence-corrected chi connectivity index (χ2v) is 6.44. The fraction of sp³-hybridized carbons (Fsp3) is 0.158. The number of rotatable bonds is 3. The monoisotopic (exact) mass is 324 g/mol. The maximum atomic E-state index is 11.7. The number of methoxy groups -OCH3 is 1. The van der Waals surface area contributed by atoms with E-state index in [0.29, 0.717) is 5.56 Å². The molecule has 0 aliphatic heterocycles. The molecule has 3 aromatic rings. The van der Waals surface area contributed by atoms with Crippen LogP contribution < -0.4 is 0 Å². The van der Waals surface area contributed by atoms with Crippen molar-refractivity contribution in [2.24, 2.45) is 0 Å². The van der Waals surface area contributed by atoms with Gasteiger partial charge < -0.3 is 4.74 Å². The zero-order valence-corrected chi connectivity index (χ0v) is 14.0. The molecule has 1 aromatic heterocycles. The van der Waals surface area contributed by atoms with Gasteiger partial charge >= 0.3 is 5.97 Å². The first kappa shape index (κ1) is 15.4. The van der Waals surface area contributed by atoms with E-state index in [1.807, 2.05) is 31.2 Å². The van der Waals surface area contributed by atoms with E-state index in [0.717, 1.165) is 31.7 Å². The van der Waals surface area contributed by atoms with Crippen molar-refractivity contribution in [3.05, 3.63) is 58.5 Å². The van der Waals surface area contributed by atoms with Crippen molar-refractivity contribution < 1.29 is 14.3 Å². The van der Waals surface area contributed by atoms with Crippen LogP contribution in [0.5, 0.6) is 0 Å². The summed E-state index contributed by atoms with van der Waals surface area (Å²) in [6, 6.07) is 13.5. The lowest BCUT2D eigenvalue weighted by Gasteiger charge is -2.04. The number of hydrogen-bond acceptors (Lipinski definition) is 4. The van der Waals surface area contributed by atoms with Gasteiger partial charge in [-0.15, -0.1) is 11.3 Å². The summed E-state index contributed by atoms with van der Waals surface area (Å²) < 4.78 is 5.82. The van der Waals surface area contributed by atoms with Gasteiger partial charge in [-0.1, -0.05) is 18.2 Å². The van der Waals surface area contributed by atoms with Crippen LogP contribution in [0.4, 0.5) is 0 Å². The predicted molar refractivity (Wildman–Crippen MR) is 93.3 cm³/mol. The first-order valence-corrected chi connectivity index (χ1v) is 8.05. The highest BCUT2D eigenvalue weighted by Crippen LogP contribution is 2.34. The molecule has 0 bridgehead atoms. The third-order valence-corrected chi connectivity index (χ3v) is 5.27. The van der Waals surface area contributed by atoms with Crippen LogP contribution in [-0.2, 0) is 4.74 Å². The molecule has 0 unspecified atom stereocenters. The molecule has 0 amide bonds. The highest BCUT2D eigenvalue weighted by atomic mass is 32.1. The van der Waals surface area contributed by atoms with Crippen LogP contribution in [0.1, 0.15) is 32.5 Å². The van der Waals surface area contributed by atoms with Crippen molar-refractivity contribution in [2.75, 3.05) is 7.11 Å². The first-order chi connectivity index (χ1) is 11.0. The number of hydrogen-bond donors (Lipinski definition) is 0.